The van der Waals surface area contributed by atoms with Crippen molar-refractivity contribution >= 4 is 29.1 Å². The molecular formula is C22H26N4O4. The van der Waals surface area contributed by atoms with E-state index in [0.29, 0.717) is 55.3 Å². The van der Waals surface area contributed by atoms with Crippen LogP contribution in [0.25, 0.3) is 0 Å². The average molecular weight is 410 g/mol. The first-order valence-corrected chi connectivity index (χ1v) is 9.96. The Kier molecular flexibility index (Phi) is 7.40. The molecule has 1 saturated heterocycles. The second-order valence-electron chi connectivity index (χ2n) is 6.83. The number of hydrogen-bond acceptors (Lipinski definition) is 5. The second kappa shape index (κ2) is 10.4. The van der Waals surface area contributed by atoms with Gasteiger partial charge in [0.25, 0.3) is 11.8 Å². The van der Waals surface area contributed by atoms with Crippen LogP contribution in [0.4, 0.5) is 11.4 Å². The van der Waals surface area contributed by atoms with Crippen LogP contribution in [0.5, 0.6) is 0 Å². The van der Waals surface area contributed by atoms with Gasteiger partial charge in [0.15, 0.2) is 0 Å². The zero-order valence-electron chi connectivity index (χ0n) is 16.9. The molecule has 8 nitrogen and oxygen atoms in total. The monoisotopic (exact) mass is 410 g/mol. The van der Waals surface area contributed by atoms with Gasteiger partial charge in [0, 0.05) is 42.1 Å². The topological polar surface area (TPSA) is 99.8 Å². The first kappa shape index (κ1) is 21.3. The number of anilines is 2. The molecule has 158 valence electrons. The number of hydrogen-bond donors (Lipinski definition) is 3. The van der Waals surface area contributed by atoms with Gasteiger partial charge in [0.2, 0.25) is 5.91 Å². The van der Waals surface area contributed by atoms with Gasteiger partial charge in [-0.2, -0.15) is 0 Å². The van der Waals surface area contributed by atoms with Crippen molar-refractivity contribution in [3.63, 3.8) is 0 Å². The quantitative estimate of drug-likeness (QED) is 0.648. The van der Waals surface area contributed by atoms with E-state index in [-0.39, 0.29) is 24.3 Å². The minimum Gasteiger partial charge on any atom is -0.378 e. The maximum Gasteiger partial charge on any atom is 0.254 e. The number of nitrogens with one attached hydrogen (secondary N) is 3. The summed E-state index contributed by atoms with van der Waals surface area (Å²) in [5.41, 5.74) is 2.27. The SMILES string of the molecule is CCNC(=O)c1cccc(NC(=O)CNc2cccc(C(=O)N3CCOCC3)c2)c1. The van der Waals surface area contributed by atoms with E-state index in [1.54, 1.807) is 53.4 Å². The fourth-order valence-corrected chi connectivity index (χ4v) is 3.10. The van der Waals surface area contributed by atoms with Crippen molar-refractivity contribution in [1.29, 1.82) is 0 Å². The Hall–Kier alpha value is -3.39. The summed E-state index contributed by atoms with van der Waals surface area (Å²) >= 11 is 0. The lowest BCUT2D eigenvalue weighted by Gasteiger charge is -2.27. The molecule has 2 aromatic carbocycles. The third-order valence-corrected chi connectivity index (χ3v) is 4.61. The van der Waals surface area contributed by atoms with E-state index in [9.17, 15) is 14.4 Å². The fraction of sp³-hybridized carbons (Fsp3) is 0.318. The Labute approximate surface area is 175 Å². The molecule has 1 heterocycles. The van der Waals surface area contributed by atoms with Crippen LogP contribution in [-0.2, 0) is 9.53 Å². The van der Waals surface area contributed by atoms with Gasteiger partial charge in [-0.15, -0.1) is 0 Å². The molecule has 0 unspecified atom stereocenters. The standard InChI is InChI=1S/C22H26N4O4/c1-2-23-21(28)16-5-3-8-19(13-16)25-20(27)15-24-18-7-4-6-17(14-18)22(29)26-9-11-30-12-10-26/h3-8,13-14,24H,2,9-12,15H2,1H3,(H,23,28)(H,25,27). The second-order valence-corrected chi connectivity index (χ2v) is 6.83. The highest BCUT2D eigenvalue weighted by molar-refractivity contribution is 5.98. The highest BCUT2D eigenvalue weighted by atomic mass is 16.5. The van der Waals surface area contributed by atoms with Gasteiger partial charge in [0.1, 0.15) is 0 Å². The summed E-state index contributed by atoms with van der Waals surface area (Å²) < 4.78 is 5.28. The zero-order chi connectivity index (χ0) is 21.3. The molecule has 1 aliphatic rings. The Morgan fingerprint density at radius 1 is 0.967 bits per heavy atom. The molecule has 8 heteroatoms. The molecule has 0 aliphatic carbocycles. The Morgan fingerprint density at radius 3 is 2.37 bits per heavy atom. The van der Waals surface area contributed by atoms with Crippen molar-refractivity contribution in [1.82, 2.24) is 10.2 Å². The predicted octanol–water partition coefficient (Wildman–Crippen LogP) is 1.96. The predicted molar refractivity (Wildman–Crippen MR) is 115 cm³/mol. The lowest BCUT2D eigenvalue weighted by molar-refractivity contribution is -0.114. The molecule has 3 amide bonds. The van der Waals surface area contributed by atoms with Crippen LogP contribution in [-0.4, -0.2) is 62.0 Å². The smallest absolute Gasteiger partial charge is 0.254 e. The molecule has 1 aliphatic heterocycles. The van der Waals surface area contributed by atoms with Gasteiger partial charge < -0.3 is 25.6 Å². The Bertz CT molecular complexity index is 910. The van der Waals surface area contributed by atoms with E-state index >= 15 is 0 Å². The number of morpholine rings is 1. The number of benzene rings is 2. The number of amides is 3. The summed E-state index contributed by atoms with van der Waals surface area (Å²) in [5.74, 6) is -0.491. The van der Waals surface area contributed by atoms with E-state index < -0.39 is 0 Å². The molecule has 0 bridgehead atoms. The minimum absolute atomic E-state index is 0.0284. The third-order valence-electron chi connectivity index (χ3n) is 4.61. The van der Waals surface area contributed by atoms with Crippen molar-refractivity contribution in [2.75, 3.05) is 50.0 Å². The third kappa shape index (κ3) is 5.81. The van der Waals surface area contributed by atoms with E-state index in [1.807, 2.05) is 6.92 Å². The van der Waals surface area contributed by atoms with Crippen molar-refractivity contribution in [3.8, 4) is 0 Å². The van der Waals surface area contributed by atoms with Crippen LogP contribution in [0.15, 0.2) is 48.5 Å². The molecule has 0 spiro atoms. The number of carbonyl (C=O) groups excluding carboxylic acids is 3. The molecule has 0 saturated carbocycles. The largest absolute Gasteiger partial charge is 0.378 e. The van der Waals surface area contributed by atoms with Gasteiger partial charge in [-0.05, 0) is 43.3 Å². The maximum atomic E-state index is 12.6. The number of nitrogens with zero attached hydrogens (tertiary/aromatic N) is 1. The highest BCUT2D eigenvalue weighted by Crippen LogP contribution is 2.14. The van der Waals surface area contributed by atoms with Crippen molar-refractivity contribution in [3.05, 3.63) is 59.7 Å². The Morgan fingerprint density at radius 2 is 1.63 bits per heavy atom. The van der Waals surface area contributed by atoms with E-state index in [0.717, 1.165) is 0 Å². The summed E-state index contributed by atoms with van der Waals surface area (Å²) in [5, 5.41) is 8.53. The van der Waals surface area contributed by atoms with Gasteiger partial charge in [0.05, 0.1) is 19.8 Å². The molecule has 3 N–H and O–H groups in total. The minimum atomic E-state index is -0.257. The van der Waals surface area contributed by atoms with Crippen LogP contribution in [0.1, 0.15) is 27.6 Å². The average Bonchev–Trinajstić information content (AvgIpc) is 2.78. The Balaban J connectivity index is 1.55. The highest BCUT2D eigenvalue weighted by Gasteiger charge is 2.18. The molecule has 30 heavy (non-hydrogen) atoms. The summed E-state index contributed by atoms with van der Waals surface area (Å²) in [6.07, 6.45) is 0. The number of carbonyl (C=O) groups is 3. The summed E-state index contributed by atoms with van der Waals surface area (Å²) in [6, 6.07) is 13.8. The number of rotatable bonds is 7. The molecule has 3 rings (SSSR count). The van der Waals surface area contributed by atoms with Gasteiger partial charge in [-0.25, -0.2) is 0 Å². The van der Waals surface area contributed by atoms with Gasteiger partial charge in [-0.1, -0.05) is 12.1 Å². The molecule has 0 atom stereocenters. The van der Waals surface area contributed by atoms with Crippen molar-refractivity contribution in [2.45, 2.75) is 6.92 Å². The molecule has 0 aromatic heterocycles. The lowest BCUT2D eigenvalue weighted by atomic mass is 10.1. The number of ether oxygens (including phenoxy) is 1. The maximum absolute atomic E-state index is 12.6. The molecule has 1 fully saturated rings. The molecule has 2 aromatic rings. The van der Waals surface area contributed by atoms with Crippen molar-refractivity contribution in [2.24, 2.45) is 0 Å². The first-order valence-electron chi connectivity index (χ1n) is 9.96. The van der Waals surface area contributed by atoms with Crippen molar-refractivity contribution < 1.29 is 19.1 Å². The van der Waals surface area contributed by atoms with Gasteiger partial charge >= 0.3 is 0 Å². The van der Waals surface area contributed by atoms with E-state index in [4.69, 9.17) is 4.74 Å². The normalized spacial score (nSPS) is 13.4. The molecule has 0 radical (unpaired) electrons. The first-order chi connectivity index (χ1) is 14.6. The fourth-order valence-electron chi connectivity index (χ4n) is 3.10. The van der Waals surface area contributed by atoms with E-state index in [1.165, 1.54) is 0 Å². The van der Waals surface area contributed by atoms with Gasteiger partial charge in [-0.3, -0.25) is 14.4 Å². The summed E-state index contributed by atoms with van der Waals surface area (Å²) in [4.78, 5) is 38.6. The van der Waals surface area contributed by atoms with E-state index in [2.05, 4.69) is 16.0 Å². The van der Waals surface area contributed by atoms with Crippen LogP contribution in [0.3, 0.4) is 0 Å². The van der Waals surface area contributed by atoms with Crippen LogP contribution >= 0.6 is 0 Å². The molecular weight excluding hydrogens is 384 g/mol. The zero-order valence-corrected chi connectivity index (χ0v) is 16.9. The lowest BCUT2D eigenvalue weighted by Crippen LogP contribution is -2.40. The van der Waals surface area contributed by atoms with Crippen LogP contribution < -0.4 is 16.0 Å². The van der Waals surface area contributed by atoms with Crippen LogP contribution in [0.2, 0.25) is 0 Å². The summed E-state index contributed by atoms with van der Waals surface area (Å²) in [6.45, 7) is 4.66. The summed E-state index contributed by atoms with van der Waals surface area (Å²) in [7, 11) is 0. The van der Waals surface area contributed by atoms with Crippen LogP contribution in [0, 0.1) is 0 Å².